The third-order valence-electron chi connectivity index (χ3n) is 1.48. The minimum absolute atomic E-state index is 0.0663. The highest BCUT2D eigenvalue weighted by molar-refractivity contribution is 6.32. The van der Waals surface area contributed by atoms with Crippen molar-refractivity contribution in [1.29, 1.82) is 0 Å². The number of rotatable bonds is 4. The van der Waals surface area contributed by atoms with Gasteiger partial charge in [-0.3, -0.25) is 10.1 Å². The first kappa shape index (κ1) is 10.5. The molecule has 0 heterocycles. The van der Waals surface area contributed by atoms with Crippen LogP contribution in [0.25, 0.3) is 0 Å². The second-order valence-electron chi connectivity index (χ2n) is 2.47. The topological polar surface area (TPSA) is 52.4 Å². The molecule has 5 heteroatoms. The van der Waals surface area contributed by atoms with Gasteiger partial charge in [-0.2, -0.15) is 0 Å². The van der Waals surface area contributed by atoms with Crippen molar-refractivity contribution in [2.24, 2.45) is 0 Å². The van der Waals surface area contributed by atoms with E-state index in [2.05, 4.69) is 6.58 Å². The van der Waals surface area contributed by atoms with E-state index in [1.807, 2.05) is 0 Å². The molecule has 0 unspecified atom stereocenters. The van der Waals surface area contributed by atoms with Crippen molar-refractivity contribution in [3.05, 3.63) is 46.0 Å². The summed E-state index contributed by atoms with van der Waals surface area (Å²) in [6.07, 6.45) is 1.58. The zero-order valence-corrected chi connectivity index (χ0v) is 8.03. The first-order valence-corrected chi connectivity index (χ1v) is 4.20. The fourth-order valence-electron chi connectivity index (χ4n) is 0.881. The third-order valence-corrected chi connectivity index (χ3v) is 1.79. The predicted octanol–water partition coefficient (Wildman–Crippen LogP) is 2.81. The number of ether oxygens (including phenoxy) is 1. The summed E-state index contributed by atoms with van der Waals surface area (Å²) in [7, 11) is 0. The molecule has 0 aliphatic rings. The minimum atomic E-state index is -0.542. The van der Waals surface area contributed by atoms with Gasteiger partial charge in [0.1, 0.15) is 17.4 Å². The molecular formula is C9H8ClNO3. The Morgan fingerprint density at radius 3 is 2.86 bits per heavy atom. The van der Waals surface area contributed by atoms with Crippen LogP contribution in [0.15, 0.2) is 30.9 Å². The Bertz CT molecular complexity index is 365. The van der Waals surface area contributed by atoms with Crippen molar-refractivity contribution in [3.63, 3.8) is 0 Å². The van der Waals surface area contributed by atoms with Crippen LogP contribution in [0.4, 0.5) is 5.69 Å². The Hall–Kier alpha value is -1.55. The molecule has 14 heavy (non-hydrogen) atoms. The second kappa shape index (κ2) is 4.62. The smallest absolute Gasteiger partial charge is 0.288 e. The molecule has 1 aromatic rings. The van der Waals surface area contributed by atoms with Gasteiger partial charge >= 0.3 is 0 Å². The molecule has 0 aliphatic heterocycles. The van der Waals surface area contributed by atoms with Gasteiger partial charge in [-0.15, -0.1) is 0 Å². The molecule has 0 aromatic heterocycles. The second-order valence-corrected chi connectivity index (χ2v) is 2.88. The van der Waals surface area contributed by atoms with Crippen molar-refractivity contribution in [1.82, 2.24) is 0 Å². The Labute approximate surface area is 85.9 Å². The van der Waals surface area contributed by atoms with Gasteiger partial charge < -0.3 is 4.74 Å². The standard InChI is InChI=1S/C9H8ClNO3/c1-2-5-14-7-3-4-9(11(12)13)8(10)6-7/h2-4,6H,1,5H2. The van der Waals surface area contributed by atoms with E-state index >= 15 is 0 Å². The zero-order valence-electron chi connectivity index (χ0n) is 7.27. The molecular weight excluding hydrogens is 206 g/mol. The van der Waals surface area contributed by atoms with Crippen LogP contribution in [0.5, 0.6) is 5.75 Å². The summed E-state index contributed by atoms with van der Waals surface area (Å²) in [5.74, 6) is 0.487. The fourth-order valence-corrected chi connectivity index (χ4v) is 1.12. The van der Waals surface area contributed by atoms with Crippen LogP contribution in [0.3, 0.4) is 0 Å². The van der Waals surface area contributed by atoms with Crippen LogP contribution >= 0.6 is 11.6 Å². The number of hydrogen-bond acceptors (Lipinski definition) is 3. The molecule has 0 radical (unpaired) electrons. The molecule has 0 spiro atoms. The number of halogens is 1. The van der Waals surface area contributed by atoms with Crippen LogP contribution in [0.1, 0.15) is 0 Å². The Balaban J connectivity index is 2.88. The summed E-state index contributed by atoms with van der Waals surface area (Å²) in [5.41, 5.74) is -0.127. The summed E-state index contributed by atoms with van der Waals surface area (Å²) in [6, 6.07) is 4.21. The molecule has 0 N–H and O–H groups in total. The maximum atomic E-state index is 10.4. The van der Waals surface area contributed by atoms with Gasteiger partial charge in [0.25, 0.3) is 5.69 Å². The Morgan fingerprint density at radius 1 is 1.64 bits per heavy atom. The van der Waals surface area contributed by atoms with E-state index in [1.165, 1.54) is 18.2 Å². The zero-order chi connectivity index (χ0) is 10.6. The molecule has 0 fully saturated rings. The van der Waals surface area contributed by atoms with Gasteiger partial charge in [-0.25, -0.2) is 0 Å². The molecule has 1 aromatic carbocycles. The van der Waals surface area contributed by atoms with Crippen LogP contribution in [0.2, 0.25) is 5.02 Å². The van der Waals surface area contributed by atoms with E-state index in [4.69, 9.17) is 16.3 Å². The maximum absolute atomic E-state index is 10.4. The molecule has 0 aliphatic carbocycles. The first-order chi connectivity index (χ1) is 6.65. The average Bonchev–Trinajstić information content (AvgIpc) is 2.14. The largest absolute Gasteiger partial charge is 0.489 e. The Morgan fingerprint density at radius 2 is 2.36 bits per heavy atom. The van der Waals surface area contributed by atoms with E-state index in [0.29, 0.717) is 12.4 Å². The summed E-state index contributed by atoms with van der Waals surface area (Å²) in [5, 5.41) is 10.5. The van der Waals surface area contributed by atoms with E-state index in [1.54, 1.807) is 6.08 Å². The SMILES string of the molecule is C=CCOc1ccc([N+](=O)[O-])c(Cl)c1. The van der Waals surface area contributed by atoms with Crippen molar-refractivity contribution in [3.8, 4) is 5.75 Å². The molecule has 1 rings (SSSR count). The highest BCUT2D eigenvalue weighted by atomic mass is 35.5. The van der Waals surface area contributed by atoms with Gasteiger partial charge in [0.15, 0.2) is 0 Å². The predicted molar refractivity (Wildman–Crippen MR) is 53.8 cm³/mol. The first-order valence-electron chi connectivity index (χ1n) is 3.83. The van der Waals surface area contributed by atoms with Crippen molar-refractivity contribution >= 4 is 17.3 Å². The van der Waals surface area contributed by atoms with E-state index in [-0.39, 0.29) is 10.7 Å². The van der Waals surface area contributed by atoms with Crippen molar-refractivity contribution < 1.29 is 9.66 Å². The molecule has 0 atom stereocenters. The minimum Gasteiger partial charge on any atom is -0.489 e. The highest BCUT2D eigenvalue weighted by Crippen LogP contribution is 2.28. The lowest BCUT2D eigenvalue weighted by Gasteiger charge is -2.02. The normalized spacial score (nSPS) is 9.50. The van der Waals surface area contributed by atoms with Gasteiger partial charge in [0.2, 0.25) is 0 Å². The summed E-state index contributed by atoms with van der Waals surface area (Å²) in [4.78, 5) is 9.87. The number of benzene rings is 1. The van der Waals surface area contributed by atoms with E-state index < -0.39 is 4.92 Å². The van der Waals surface area contributed by atoms with E-state index in [0.717, 1.165) is 0 Å². The average molecular weight is 214 g/mol. The lowest BCUT2D eigenvalue weighted by Crippen LogP contribution is -1.94. The van der Waals surface area contributed by atoms with Crippen LogP contribution in [-0.4, -0.2) is 11.5 Å². The number of nitro benzene ring substituents is 1. The molecule has 0 saturated heterocycles. The summed E-state index contributed by atoms with van der Waals surface area (Å²) < 4.78 is 5.15. The summed E-state index contributed by atoms with van der Waals surface area (Å²) >= 11 is 5.66. The number of hydrogen-bond donors (Lipinski definition) is 0. The quantitative estimate of drug-likeness (QED) is 0.439. The highest BCUT2D eigenvalue weighted by Gasteiger charge is 2.11. The number of nitrogens with zero attached hydrogens (tertiary/aromatic N) is 1. The van der Waals surface area contributed by atoms with Crippen LogP contribution < -0.4 is 4.74 Å². The molecule has 0 amide bonds. The summed E-state index contributed by atoms with van der Waals surface area (Å²) in [6.45, 7) is 3.82. The lowest BCUT2D eigenvalue weighted by molar-refractivity contribution is -0.384. The van der Waals surface area contributed by atoms with Gasteiger partial charge in [0, 0.05) is 12.1 Å². The van der Waals surface area contributed by atoms with E-state index in [9.17, 15) is 10.1 Å². The monoisotopic (exact) mass is 213 g/mol. The number of nitro groups is 1. The maximum Gasteiger partial charge on any atom is 0.288 e. The Kier molecular flexibility index (Phi) is 3.48. The van der Waals surface area contributed by atoms with Gasteiger partial charge in [-0.1, -0.05) is 24.3 Å². The van der Waals surface area contributed by atoms with Crippen molar-refractivity contribution in [2.75, 3.05) is 6.61 Å². The van der Waals surface area contributed by atoms with Gasteiger partial charge in [0.05, 0.1) is 4.92 Å². The third kappa shape index (κ3) is 2.47. The molecule has 4 nitrogen and oxygen atoms in total. The van der Waals surface area contributed by atoms with Crippen molar-refractivity contribution in [2.45, 2.75) is 0 Å². The van der Waals surface area contributed by atoms with Crippen LogP contribution in [-0.2, 0) is 0 Å². The van der Waals surface area contributed by atoms with Gasteiger partial charge in [-0.05, 0) is 6.07 Å². The molecule has 0 saturated carbocycles. The molecule has 0 bridgehead atoms. The molecule has 74 valence electrons. The lowest BCUT2D eigenvalue weighted by atomic mass is 10.3. The van der Waals surface area contributed by atoms with Crippen LogP contribution in [0, 0.1) is 10.1 Å². The fraction of sp³-hybridized carbons (Fsp3) is 0.111.